The van der Waals surface area contributed by atoms with Gasteiger partial charge in [0.2, 0.25) is 0 Å². The molecule has 0 saturated heterocycles. The Kier molecular flexibility index (Phi) is 4.86. The number of carbonyl (C=O) groups excluding carboxylic acids is 1. The van der Waals surface area contributed by atoms with E-state index in [0.717, 1.165) is 19.3 Å². The summed E-state index contributed by atoms with van der Waals surface area (Å²) in [5.41, 5.74) is 0.474. The number of esters is 1. The second kappa shape index (κ2) is 7.22. The highest BCUT2D eigenvalue weighted by Crippen LogP contribution is 2.18. The first kappa shape index (κ1) is 15.5. The van der Waals surface area contributed by atoms with E-state index in [-0.39, 0.29) is 17.9 Å². The highest BCUT2D eigenvalue weighted by atomic mass is 16.5. The minimum atomic E-state index is -0.240. The van der Waals surface area contributed by atoms with E-state index in [4.69, 9.17) is 4.74 Å². The number of allylic oxidation sites excluding steroid dienone is 2. The Hall–Kier alpha value is -2.43. The zero-order valence-electron chi connectivity index (χ0n) is 13.0. The van der Waals surface area contributed by atoms with Crippen LogP contribution in [-0.2, 0) is 16.0 Å². The van der Waals surface area contributed by atoms with Gasteiger partial charge in [-0.3, -0.25) is 9.59 Å². The highest BCUT2D eigenvalue weighted by molar-refractivity contribution is 5.77. The molecule has 0 spiro atoms. The van der Waals surface area contributed by atoms with Gasteiger partial charge >= 0.3 is 5.97 Å². The Morgan fingerprint density at radius 3 is 3.00 bits per heavy atom. The molecular formula is C18H20N2O3. The first-order valence-corrected chi connectivity index (χ1v) is 8.01. The summed E-state index contributed by atoms with van der Waals surface area (Å²) >= 11 is 0. The summed E-state index contributed by atoms with van der Waals surface area (Å²) in [6, 6.07) is 7.17. The molecule has 0 fully saturated rings. The van der Waals surface area contributed by atoms with Gasteiger partial charge in [0.1, 0.15) is 5.82 Å². The Morgan fingerprint density at radius 1 is 1.30 bits per heavy atom. The Bertz CT molecular complexity index is 779. The molecule has 5 heteroatoms. The van der Waals surface area contributed by atoms with Gasteiger partial charge < -0.3 is 9.72 Å². The first-order valence-electron chi connectivity index (χ1n) is 8.01. The number of benzene rings is 1. The first-order chi connectivity index (χ1) is 11.2. The second-order valence-electron chi connectivity index (χ2n) is 5.86. The van der Waals surface area contributed by atoms with Crippen LogP contribution in [0, 0.1) is 5.92 Å². The SMILES string of the molecule is O=C(CCc1nc2ccccc2c(=O)[nH]1)OCC1CC=CCC1. The van der Waals surface area contributed by atoms with Crippen molar-refractivity contribution in [2.75, 3.05) is 6.61 Å². The van der Waals surface area contributed by atoms with E-state index in [1.807, 2.05) is 6.07 Å². The van der Waals surface area contributed by atoms with Crippen molar-refractivity contribution in [3.8, 4) is 0 Å². The average molecular weight is 312 g/mol. The number of carbonyl (C=O) groups is 1. The third-order valence-electron chi connectivity index (χ3n) is 4.09. The van der Waals surface area contributed by atoms with Gasteiger partial charge in [-0.05, 0) is 37.3 Å². The van der Waals surface area contributed by atoms with E-state index in [9.17, 15) is 9.59 Å². The van der Waals surface area contributed by atoms with Crippen LogP contribution in [0.4, 0.5) is 0 Å². The predicted octanol–water partition coefficient (Wildman–Crippen LogP) is 2.76. The number of aryl methyl sites for hydroxylation is 1. The van der Waals surface area contributed by atoms with E-state index in [2.05, 4.69) is 22.1 Å². The molecule has 1 N–H and O–H groups in total. The fourth-order valence-electron chi connectivity index (χ4n) is 2.76. The fourth-order valence-corrected chi connectivity index (χ4v) is 2.76. The Labute approximate surface area is 134 Å². The Morgan fingerprint density at radius 2 is 2.17 bits per heavy atom. The lowest BCUT2D eigenvalue weighted by Gasteiger charge is -2.17. The molecule has 1 unspecified atom stereocenters. The molecule has 0 radical (unpaired) electrons. The van der Waals surface area contributed by atoms with Crippen molar-refractivity contribution in [3.63, 3.8) is 0 Å². The third kappa shape index (κ3) is 4.06. The van der Waals surface area contributed by atoms with Crippen LogP contribution >= 0.6 is 0 Å². The van der Waals surface area contributed by atoms with Crippen LogP contribution in [0.3, 0.4) is 0 Å². The van der Waals surface area contributed by atoms with Crippen molar-refractivity contribution in [2.45, 2.75) is 32.1 Å². The number of H-pyrrole nitrogens is 1. The normalized spacial score (nSPS) is 17.3. The molecule has 23 heavy (non-hydrogen) atoms. The van der Waals surface area contributed by atoms with Crippen LogP contribution in [-0.4, -0.2) is 22.5 Å². The number of hydrogen-bond donors (Lipinski definition) is 1. The van der Waals surface area contributed by atoms with Crippen LogP contribution < -0.4 is 5.56 Å². The zero-order valence-corrected chi connectivity index (χ0v) is 13.0. The van der Waals surface area contributed by atoms with Gasteiger partial charge in [-0.15, -0.1) is 0 Å². The minimum absolute atomic E-state index is 0.173. The standard InChI is InChI=1S/C18H20N2O3/c21-17(23-12-13-6-2-1-3-7-13)11-10-16-19-15-9-5-4-8-14(15)18(22)20-16/h1-2,4-5,8-9,13H,3,6-7,10-12H2,(H,19,20,22). The van der Waals surface area contributed by atoms with Crippen LogP contribution in [0.5, 0.6) is 0 Å². The number of nitrogens with zero attached hydrogens (tertiary/aromatic N) is 1. The van der Waals surface area contributed by atoms with Gasteiger partial charge in [-0.2, -0.15) is 0 Å². The summed E-state index contributed by atoms with van der Waals surface area (Å²) in [5.74, 6) is 0.712. The van der Waals surface area contributed by atoms with Crippen molar-refractivity contribution in [3.05, 3.63) is 52.6 Å². The third-order valence-corrected chi connectivity index (χ3v) is 4.09. The van der Waals surface area contributed by atoms with Gasteiger partial charge in [-0.25, -0.2) is 4.98 Å². The molecular weight excluding hydrogens is 292 g/mol. The molecule has 2 aromatic rings. The van der Waals surface area contributed by atoms with Crippen molar-refractivity contribution in [1.29, 1.82) is 0 Å². The van der Waals surface area contributed by atoms with E-state index < -0.39 is 0 Å². The predicted molar refractivity (Wildman–Crippen MR) is 88.1 cm³/mol. The van der Waals surface area contributed by atoms with Crippen molar-refractivity contribution < 1.29 is 9.53 Å². The van der Waals surface area contributed by atoms with Crippen LogP contribution in [0.25, 0.3) is 10.9 Å². The fraction of sp³-hybridized carbons (Fsp3) is 0.389. The molecule has 1 aromatic heterocycles. The number of ether oxygens (including phenoxy) is 1. The van der Waals surface area contributed by atoms with Crippen molar-refractivity contribution in [2.24, 2.45) is 5.92 Å². The number of aromatic amines is 1. The average Bonchev–Trinajstić information content (AvgIpc) is 2.59. The molecule has 1 aliphatic rings. The highest BCUT2D eigenvalue weighted by Gasteiger charge is 2.13. The van der Waals surface area contributed by atoms with Gasteiger partial charge in [0.25, 0.3) is 5.56 Å². The molecule has 1 heterocycles. The smallest absolute Gasteiger partial charge is 0.306 e. The number of nitrogens with one attached hydrogen (secondary N) is 1. The van der Waals surface area contributed by atoms with E-state index in [0.29, 0.717) is 35.7 Å². The molecule has 1 aliphatic carbocycles. The van der Waals surface area contributed by atoms with Crippen LogP contribution in [0.15, 0.2) is 41.2 Å². The maximum absolute atomic E-state index is 12.0. The summed E-state index contributed by atoms with van der Waals surface area (Å²) in [7, 11) is 0. The summed E-state index contributed by atoms with van der Waals surface area (Å²) in [4.78, 5) is 30.9. The van der Waals surface area contributed by atoms with Gasteiger partial charge in [0, 0.05) is 6.42 Å². The number of fused-ring (bicyclic) bond motifs is 1. The molecule has 0 amide bonds. The zero-order chi connectivity index (χ0) is 16.1. The van der Waals surface area contributed by atoms with E-state index in [1.165, 1.54) is 0 Å². The second-order valence-corrected chi connectivity index (χ2v) is 5.86. The molecule has 1 atom stereocenters. The van der Waals surface area contributed by atoms with Crippen LogP contribution in [0.2, 0.25) is 0 Å². The monoisotopic (exact) mass is 312 g/mol. The summed E-state index contributed by atoms with van der Waals surface area (Å²) in [5, 5.41) is 0.559. The molecule has 5 nitrogen and oxygen atoms in total. The number of para-hydroxylation sites is 1. The van der Waals surface area contributed by atoms with E-state index >= 15 is 0 Å². The van der Waals surface area contributed by atoms with E-state index in [1.54, 1.807) is 18.2 Å². The van der Waals surface area contributed by atoms with Gasteiger partial charge in [-0.1, -0.05) is 24.3 Å². The summed E-state index contributed by atoms with van der Waals surface area (Å²) < 4.78 is 5.33. The maximum atomic E-state index is 12.0. The Balaban J connectivity index is 1.54. The lowest BCUT2D eigenvalue weighted by Crippen LogP contribution is -2.17. The van der Waals surface area contributed by atoms with Gasteiger partial charge in [0.15, 0.2) is 0 Å². The molecule has 1 aromatic carbocycles. The quantitative estimate of drug-likeness (QED) is 0.680. The number of aromatic nitrogens is 2. The maximum Gasteiger partial charge on any atom is 0.306 e. The number of hydrogen-bond acceptors (Lipinski definition) is 4. The van der Waals surface area contributed by atoms with Crippen molar-refractivity contribution >= 4 is 16.9 Å². The number of rotatable bonds is 5. The molecule has 0 saturated carbocycles. The topological polar surface area (TPSA) is 72.0 Å². The summed E-state index contributed by atoms with van der Waals surface area (Å²) in [6.45, 7) is 0.477. The lowest BCUT2D eigenvalue weighted by atomic mass is 9.95. The molecule has 0 bridgehead atoms. The largest absolute Gasteiger partial charge is 0.465 e. The molecule has 3 rings (SSSR count). The van der Waals surface area contributed by atoms with Crippen molar-refractivity contribution in [1.82, 2.24) is 9.97 Å². The minimum Gasteiger partial charge on any atom is -0.465 e. The van der Waals surface area contributed by atoms with Crippen LogP contribution in [0.1, 0.15) is 31.5 Å². The molecule has 0 aliphatic heterocycles. The molecule has 120 valence electrons. The van der Waals surface area contributed by atoms with Gasteiger partial charge in [0.05, 0.1) is 23.9 Å². The summed E-state index contributed by atoms with van der Waals surface area (Å²) in [6.07, 6.45) is 8.03. The lowest BCUT2D eigenvalue weighted by molar-refractivity contribution is -0.145.